The van der Waals surface area contributed by atoms with Crippen LogP contribution in [0.5, 0.6) is 5.75 Å². The van der Waals surface area contributed by atoms with Crippen molar-refractivity contribution in [3.05, 3.63) is 83.2 Å². The zero-order chi connectivity index (χ0) is 22.1. The number of fused-ring (bicyclic) bond motifs is 1. The number of pyridine rings is 1. The fraction of sp³-hybridized carbons (Fsp3) is 0.280. The number of rotatable bonds is 5. The highest BCUT2D eigenvalue weighted by atomic mass is 16.5. The lowest BCUT2D eigenvalue weighted by Gasteiger charge is -2.22. The highest BCUT2D eigenvalue weighted by molar-refractivity contribution is 5.65. The second kappa shape index (κ2) is 8.42. The van der Waals surface area contributed by atoms with Crippen LogP contribution in [0.15, 0.2) is 48.9 Å². The van der Waals surface area contributed by atoms with Gasteiger partial charge in [0.2, 0.25) is 0 Å². The minimum absolute atomic E-state index is 0.252. The maximum atomic E-state index is 5.29. The van der Waals surface area contributed by atoms with E-state index >= 15 is 0 Å². The third-order valence-corrected chi connectivity index (χ3v) is 5.88. The Morgan fingerprint density at radius 3 is 2.59 bits per heavy atom. The van der Waals surface area contributed by atoms with Crippen molar-refractivity contribution in [3.63, 3.8) is 0 Å². The van der Waals surface area contributed by atoms with E-state index < -0.39 is 0 Å². The first-order valence-electron chi connectivity index (χ1n) is 10.9. The lowest BCUT2D eigenvalue weighted by Crippen LogP contribution is -2.17. The molecule has 5 rings (SSSR count). The van der Waals surface area contributed by atoms with Crippen molar-refractivity contribution in [2.45, 2.75) is 39.2 Å². The van der Waals surface area contributed by atoms with Crippen LogP contribution in [0.25, 0.3) is 17.8 Å². The summed E-state index contributed by atoms with van der Waals surface area (Å²) in [5.41, 5.74) is 5.08. The maximum Gasteiger partial charge on any atom is 0.174 e. The number of benzene rings is 1. The first kappa shape index (κ1) is 20.2. The first-order valence-corrected chi connectivity index (χ1v) is 10.9. The van der Waals surface area contributed by atoms with Crippen molar-refractivity contribution in [3.8, 4) is 11.4 Å². The molecule has 162 valence electrons. The van der Waals surface area contributed by atoms with Gasteiger partial charge in [-0.05, 0) is 68.7 Å². The summed E-state index contributed by atoms with van der Waals surface area (Å²) in [5.74, 6) is 2.86. The lowest BCUT2D eigenvalue weighted by molar-refractivity contribution is 0.413. The molecule has 4 aromatic rings. The summed E-state index contributed by atoms with van der Waals surface area (Å²) in [4.78, 5) is 13.9. The molecule has 1 atom stereocenters. The summed E-state index contributed by atoms with van der Waals surface area (Å²) in [6.07, 6.45) is 9.89. The molecule has 0 amide bonds. The molecule has 7 nitrogen and oxygen atoms in total. The minimum Gasteiger partial charge on any atom is -0.497 e. The standard InChI is InChI=1S/C25H26N6O/c1-17-15-30(16-26-17)23-12-8-20(27-18(23)2)9-13-24-28-25-22(5-4-14-31(25)29-24)19-6-10-21(32-3)11-7-19/h6-13,15-16,22H,4-5,14H2,1-3H3/b13-9+/t22-/m1/s1. The number of imidazole rings is 1. The second-order valence-electron chi connectivity index (χ2n) is 8.12. The number of hydrogen-bond donors (Lipinski definition) is 0. The zero-order valence-electron chi connectivity index (χ0n) is 18.6. The Bertz CT molecular complexity index is 1270. The topological polar surface area (TPSA) is 70.7 Å². The molecule has 0 radical (unpaired) electrons. The van der Waals surface area contributed by atoms with Gasteiger partial charge in [-0.3, -0.25) is 4.98 Å². The van der Waals surface area contributed by atoms with Crippen LogP contribution in [0.1, 0.15) is 53.1 Å². The van der Waals surface area contributed by atoms with Gasteiger partial charge >= 0.3 is 0 Å². The SMILES string of the molecule is COc1ccc([C@H]2CCCn3nc(/C=C/c4ccc(-n5cnc(C)c5)c(C)n4)nc32)cc1. The van der Waals surface area contributed by atoms with Gasteiger partial charge in [-0.15, -0.1) is 0 Å². The van der Waals surface area contributed by atoms with Gasteiger partial charge < -0.3 is 9.30 Å². The number of hydrogen-bond acceptors (Lipinski definition) is 5. The summed E-state index contributed by atoms with van der Waals surface area (Å²) in [5, 5.41) is 4.72. The zero-order valence-corrected chi connectivity index (χ0v) is 18.6. The van der Waals surface area contributed by atoms with E-state index in [0.717, 1.165) is 53.7 Å². The van der Waals surface area contributed by atoms with Crippen LogP contribution in [0.3, 0.4) is 0 Å². The van der Waals surface area contributed by atoms with Crippen molar-refractivity contribution < 1.29 is 4.74 Å². The number of methoxy groups -OCH3 is 1. The fourth-order valence-electron chi connectivity index (χ4n) is 4.24. The predicted octanol–water partition coefficient (Wildman–Crippen LogP) is 4.58. The molecule has 0 spiro atoms. The van der Waals surface area contributed by atoms with Crippen LogP contribution in [-0.4, -0.2) is 36.4 Å². The maximum absolute atomic E-state index is 5.29. The van der Waals surface area contributed by atoms with Crippen molar-refractivity contribution in [2.75, 3.05) is 7.11 Å². The Morgan fingerprint density at radius 1 is 1.03 bits per heavy atom. The molecule has 0 bridgehead atoms. The third kappa shape index (κ3) is 3.93. The van der Waals surface area contributed by atoms with Gasteiger partial charge in [0.1, 0.15) is 11.6 Å². The molecular weight excluding hydrogens is 400 g/mol. The average molecular weight is 427 g/mol. The Hall–Kier alpha value is -3.74. The highest BCUT2D eigenvalue weighted by Crippen LogP contribution is 2.33. The van der Waals surface area contributed by atoms with Crippen molar-refractivity contribution in [2.24, 2.45) is 0 Å². The molecular formula is C25H26N6O. The van der Waals surface area contributed by atoms with Crippen molar-refractivity contribution >= 4 is 12.2 Å². The Balaban J connectivity index is 1.37. The van der Waals surface area contributed by atoms with Gasteiger partial charge in [-0.25, -0.2) is 14.6 Å². The minimum atomic E-state index is 0.252. The van der Waals surface area contributed by atoms with E-state index in [9.17, 15) is 0 Å². The van der Waals surface area contributed by atoms with Crippen molar-refractivity contribution in [1.29, 1.82) is 0 Å². The number of nitrogens with zero attached hydrogens (tertiary/aromatic N) is 6. The average Bonchev–Trinajstić information content (AvgIpc) is 3.43. The van der Waals surface area contributed by atoms with E-state index in [4.69, 9.17) is 19.8 Å². The van der Waals surface area contributed by atoms with Crippen LogP contribution < -0.4 is 4.74 Å². The number of aryl methyl sites for hydroxylation is 3. The molecule has 0 unspecified atom stereocenters. The van der Waals surface area contributed by atoms with Gasteiger partial charge in [-0.1, -0.05) is 12.1 Å². The van der Waals surface area contributed by atoms with Gasteiger partial charge in [-0.2, -0.15) is 5.10 Å². The number of ether oxygens (including phenoxy) is 1. The molecule has 7 heteroatoms. The Morgan fingerprint density at radius 2 is 1.88 bits per heavy atom. The smallest absolute Gasteiger partial charge is 0.174 e. The van der Waals surface area contributed by atoms with E-state index in [1.807, 2.05) is 66.0 Å². The lowest BCUT2D eigenvalue weighted by atomic mass is 9.91. The van der Waals surface area contributed by atoms with Gasteiger partial charge in [0.25, 0.3) is 0 Å². The summed E-state index contributed by atoms with van der Waals surface area (Å²) in [6, 6.07) is 12.3. The monoisotopic (exact) mass is 426 g/mol. The molecule has 3 aromatic heterocycles. The molecule has 0 saturated carbocycles. The van der Waals surface area contributed by atoms with Crippen LogP contribution >= 0.6 is 0 Å². The van der Waals surface area contributed by atoms with E-state index in [1.54, 1.807) is 7.11 Å². The normalized spacial score (nSPS) is 15.8. The molecule has 4 heterocycles. The number of aromatic nitrogens is 6. The van der Waals surface area contributed by atoms with Crippen molar-refractivity contribution in [1.82, 2.24) is 29.3 Å². The van der Waals surface area contributed by atoms with E-state index in [1.165, 1.54) is 5.56 Å². The predicted molar refractivity (Wildman–Crippen MR) is 124 cm³/mol. The Labute approximate surface area is 187 Å². The van der Waals surface area contributed by atoms with E-state index in [2.05, 4.69) is 23.2 Å². The molecule has 0 fully saturated rings. The largest absolute Gasteiger partial charge is 0.497 e. The van der Waals surface area contributed by atoms with Gasteiger partial charge in [0, 0.05) is 18.7 Å². The molecule has 0 saturated heterocycles. The highest BCUT2D eigenvalue weighted by Gasteiger charge is 2.25. The van der Waals surface area contributed by atoms with E-state index in [-0.39, 0.29) is 5.92 Å². The summed E-state index contributed by atoms with van der Waals surface area (Å²) in [6.45, 7) is 4.89. The van der Waals surface area contributed by atoms with Crippen LogP contribution in [0.4, 0.5) is 0 Å². The molecule has 1 aromatic carbocycles. The fourth-order valence-corrected chi connectivity index (χ4v) is 4.24. The molecule has 0 N–H and O–H groups in total. The molecule has 1 aliphatic heterocycles. The third-order valence-electron chi connectivity index (χ3n) is 5.88. The molecule has 32 heavy (non-hydrogen) atoms. The van der Waals surface area contributed by atoms with Crippen LogP contribution in [0.2, 0.25) is 0 Å². The van der Waals surface area contributed by atoms with Crippen LogP contribution in [0, 0.1) is 13.8 Å². The van der Waals surface area contributed by atoms with E-state index in [0.29, 0.717) is 5.82 Å². The summed E-state index contributed by atoms with van der Waals surface area (Å²) < 4.78 is 9.33. The van der Waals surface area contributed by atoms with Gasteiger partial charge in [0.05, 0.1) is 36.2 Å². The summed E-state index contributed by atoms with van der Waals surface area (Å²) in [7, 11) is 1.69. The quantitative estimate of drug-likeness (QED) is 0.467. The Kier molecular flexibility index (Phi) is 5.31. The second-order valence-corrected chi connectivity index (χ2v) is 8.12. The summed E-state index contributed by atoms with van der Waals surface area (Å²) >= 11 is 0. The van der Waals surface area contributed by atoms with Gasteiger partial charge in [0.15, 0.2) is 5.82 Å². The van der Waals surface area contributed by atoms with Crippen LogP contribution in [-0.2, 0) is 6.54 Å². The molecule has 0 aliphatic carbocycles. The first-order chi connectivity index (χ1) is 15.6. The molecule has 1 aliphatic rings.